The Morgan fingerprint density at radius 1 is 1.00 bits per heavy atom. The first-order valence-electron chi connectivity index (χ1n) is 5.85. The van der Waals surface area contributed by atoms with Gasteiger partial charge in [0, 0.05) is 5.69 Å². The summed E-state index contributed by atoms with van der Waals surface area (Å²) in [6, 6.07) is 12.0. The van der Waals surface area contributed by atoms with Gasteiger partial charge in [-0.2, -0.15) is 0 Å². The highest BCUT2D eigenvalue weighted by Gasteiger charge is 2.17. The highest BCUT2D eigenvalue weighted by atomic mass is 32.2. The zero-order valence-corrected chi connectivity index (χ0v) is 11.7. The lowest BCUT2D eigenvalue weighted by atomic mass is 10.2. The Kier molecular flexibility index (Phi) is 3.48. The lowest BCUT2D eigenvalue weighted by molar-refractivity contribution is 0.600. The van der Waals surface area contributed by atoms with Crippen molar-refractivity contribution in [3.63, 3.8) is 0 Å². The van der Waals surface area contributed by atoms with Crippen molar-refractivity contribution in [2.24, 2.45) is 0 Å². The van der Waals surface area contributed by atoms with E-state index >= 15 is 0 Å². The van der Waals surface area contributed by atoms with E-state index in [9.17, 15) is 8.42 Å². The minimum atomic E-state index is -3.59. The van der Waals surface area contributed by atoms with Crippen LogP contribution in [-0.4, -0.2) is 8.42 Å². The number of benzene rings is 2. The Morgan fingerprint density at radius 3 is 2.32 bits per heavy atom. The van der Waals surface area contributed by atoms with E-state index in [-0.39, 0.29) is 4.90 Å². The predicted molar refractivity (Wildman–Crippen MR) is 77.6 cm³/mol. The van der Waals surface area contributed by atoms with Gasteiger partial charge in [-0.3, -0.25) is 4.72 Å². The molecule has 0 saturated heterocycles. The smallest absolute Gasteiger partial charge is 0.262 e. The SMILES string of the molecule is Cc1ccccc1NS(=O)(=O)c1ccc(N)cc1C. The number of hydrogen-bond donors (Lipinski definition) is 2. The number of anilines is 2. The molecule has 4 nitrogen and oxygen atoms in total. The molecule has 3 N–H and O–H groups in total. The molecule has 0 unspecified atom stereocenters. The van der Waals surface area contributed by atoms with E-state index in [2.05, 4.69) is 4.72 Å². The Bertz CT molecular complexity index is 709. The molecule has 0 radical (unpaired) electrons. The van der Waals surface area contributed by atoms with Crippen LogP contribution in [-0.2, 0) is 10.0 Å². The Hall–Kier alpha value is -2.01. The van der Waals surface area contributed by atoms with Gasteiger partial charge in [-0.1, -0.05) is 18.2 Å². The summed E-state index contributed by atoms with van der Waals surface area (Å²) in [6.45, 7) is 3.58. The molecule has 0 saturated carbocycles. The highest BCUT2D eigenvalue weighted by Crippen LogP contribution is 2.22. The number of aryl methyl sites for hydroxylation is 2. The summed E-state index contributed by atoms with van der Waals surface area (Å²) in [5.41, 5.74) is 8.26. The topological polar surface area (TPSA) is 72.2 Å². The van der Waals surface area contributed by atoms with Crippen LogP contribution < -0.4 is 10.5 Å². The van der Waals surface area contributed by atoms with Gasteiger partial charge in [0.25, 0.3) is 10.0 Å². The van der Waals surface area contributed by atoms with E-state index in [4.69, 9.17) is 5.73 Å². The largest absolute Gasteiger partial charge is 0.399 e. The zero-order valence-electron chi connectivity index (χ0n) is 10.8. The average Bonchev–Trinajstić information content (AvgIpc) is 2.31. The van der Waals surface area contributed by atoms with Crippen LogP contribution >= 0.6 is 0 Å². The molecule has 0 aliphatic heterocycles. The first-order chi connectivity index (χ1) is 8.90. The Morgan fingerprint density at radius 2 is 1.68 bits per heavy atom. The summed E-state index contributed by atoms with van der Waals surface area (Å²) in [6.07, 6.45) is 0. The fourth-order valence-electron chi connectivity index (χ4n) is 1.86. The molecule has 100 valence electrons. The second kappa shape index (κ2) is 4.93. The van der Waals surface area contributed by atoms with Crippen molar-refractivity contribution in [3.8, 4) is 0 Å². The van der Waals surface area contributed by atoms with E-state index in [0.717, 1.165) is 5.56 Å². The number of sulfonamides is 1. The maximum Gasteiger partial charge on any atom is 0.262 e. The van der Waals surface area contributed by atoms with Crippen molar-refractivity contribution < 1.29 is 8.42 Å². The van der Waals surface area contributed by atoms with Gasteiger partial charge in [0.1, 0.15) is 0 Å². The van der Waals surface area contributed by atoms with Crippen molar-refractivity contribution >= 4 is 21.4 Å². The van der Waals surface area contributed by atoms with Crippen LogP contribution in [0.2, 0.25) is 0 Å². The number of nitrogens with two attached hydrogens (primary N) is 1. The highest BCUT2D eigenvalue weighted by molar-refractivity contribution is 7.92. The van der Waals surface area contributed by atoms with Gasteiger partial charge in [-0.25, -0.2) is 8.42 Å². The molecule has 2 rings (SSSR count). The van der Waals surface area contributed by atoms with Crippen LogP contribution in [0, 0.1) is 13.8 Å². The van der Waals surface area contributed by atoms with Crippen LogP contribution in [0.3, 0.4) is 0 Å². The molecular formula is C14H16N2O2S. The lowest BCUT2D eigenvalue weighted by Crippen LogP contribution is -2.15. The minimum Gasteiger partial charge on any atom is -0.399 e. The molecule has 0 heterocycles. The molecule has 0 aliphatic carbocycles. The molecule has 0 atom stereocenters. The van der Waals surface area contributed by atoms with Crippen LogP contribution in [0.5, 0.6) is 0 Å². The van der Waals surface area contributed by atoms with Gasteiger partial charge in [-0.15, -0.1) is 0 Å². The van der Waals surface area contributed by atoms with Crippen molar-refractivity contribution in [2.45, 2.75) is 18.7 Å². The van der Waals surface area contributed by atoms with Crippen LogP contribution in [0.4, 0.5) is 11.4 Å². The van der Waals surface area contributed by atoms with Crippen LogP contribution in [0.1, 0.15) is 11.1 Å². The molecule has 0 fully saturated rings. The second-order valence-electron chi connectivity index (χ2n) is 4.45. The van der Waals surface area contributed by atoms with Crippen LogP contribution in [0.25, 0.3) is 0 Å². The van der Waals surface area contributed by atoms with Gasteiger partial charge in [0.2, 0.25) is 0 Å². The van der Waals surface area contributed by atoms with Gasteiger partial charge in [-0.05, 0) is 49.2 Å². The van der Waals surface area contributed by atoms with Crippen molar-refractivity contribution in [1.82, 2.24) is 0 Å². The third kappa shape index (κ3) is 2.88. The molecular weight excluding hydrogens is 260 g/mol. The maximum absolute atomic E-state index is 12.3. The molecule has 19 heavy (non-hydrogen) atoms. The fraction of sp³-hybridized carbons (Fsp3) is 0.143. The monoisotopic (exact) mass is 276 g/mol. The van der Waals surface area contributed by atoms with Gasteiger partial charge < -0.3 is 5.73 Å². The summed E-state index contributed by atoms with van der Waals surface area (Å²) >= 11 is 0. The molecule has 0 bridgehead atoms. The lowest BCUT2D eigenvalue weighted by Gasteiger charge is -2.12. The quantitative estimate of drug-likeness (QED) is 0.847. The van der Waals surface area contributed by atoms with Crippen molar-refractivity contribution in [2.75, 3.05) is 10.5 Å². The van der Waals surface area contributed by atoms with E-state index in [0.29, 0.717) is 16.9 Å². The summed E-state index contributed by atoms with van der Waals surface area (Å²) < 4.78 is 27.3. The summed E-state index contributed by atoms with van der Waals surface area (Å²) in [5.74, 6) is 0. The minimum absolute atomic E-state index is 0.241. The zero-order chi connectivity index (χ0) is 14.0. The van der Waals surface area contributed by atoms with Crippen LogP contribution in [0.15, 0.2) is 47.4 Å². The standard InChI is InChI=1S/C14H16N2O2S/c1-10-5-3-4-6-13(10)16-19(17,18)14-8-7-12(15)9-11(14)2/h3-9,16H,15H2,1-2H3. The van der Waals surface area contributed by atoms with E-state index in [1.165, 1.54) is 6.07 Å². The normalized spacial score (nSPS) is 11.3. The van der Waals surface area contributed by atoms with E-state index in [1.54, 1.807) is 31.2 Å². The van der Waals surface area contributed by atoms with Crippen molar-refractivity contribution in [3.05, 3.63) is 53.6 Å². The molecule has 0 aromatic heterocycles. The number of nitrogen functional groups attached to an aromatic ring is 1. The first kappa shape index (κ1) is 13.4. The van der Waals surface area contributed by atoms with E-state index < -0.39 is 10.0 Å². The number of nitrogens with one attached hydrogen (secondary N) is 1. The first-order valence-corrected chi connectivity index (χ1v) is 7.33. The second-order valence-corrected chi connectivity index (χ2v) is 6.10. The third-order valence-electron chi connectivity index (χ3n) is 2.88. The van der Waals surface area contributed by atoms with Gasteiger partial charge in [0.05, 0.1) is 10.6 Å². The third-order valence-corrected chi connectivity index (χ3v) is 4.40. The molecule has 2 aromatic rings. The Labute approximate surface area is 113 Å². The average molecular weight is 276 g/mol. The molecule has 2 aromatic carbocycles. The van der Waals surface area contributed by atoms with Gasteiger partial charge in [0.15, 0.2) is 0 Å². The number of para-hydroxylation sites is 1. The molecule has 0 spiro atoms. The molecule has 0 aliphatic rings. The fourth-order valence-corrected chi connectivity index (χ4v) is 3.22. The maximum atomic E-state index is 12.3. The predicted octanol–water partition coefficient (Wildman–Crippen LogP) is 2.69. The Balaban J connectivity index is 2.41. The number of rotatable bonds is 3. The van der Waals surface area contributed by atoms with Gasteiger partial charge >= 0.3 is 0 Å². The molecule has 0 amide bonds. The van der Waals surface area contributed by atoms with Crippen molar-refractivity contribution in [1.29, 1.82) is 0 Å². The van der Waals surface area contributed by atoms with E-state index in [1.807, 2.05) is 19.1 Å². The summed E-state index contributed by atoms with van der Waals surface area (Å²) in [5, 5.41) is 0. The summed E-state index contributed by atoms with van der Waals surface area (Å²) in [7, 11) is -3.59. The summed E-state index contributed by atoms with van der Waals surface area (Å²) in [4.78, 5) is 0.241. The molecule has 5 heteroatoms. The number of hydrogen-bond acceptors (Lipinski definition) is 3.